The first kappa shape index (κ1) is 23.3. The van der Waals surface area contributed by atoms with Gasteiger partial charge in [0.2, 0.25) is 11.9 Å². The lowest BCUT2D eigenvalue weighted by Crippen LogP contribution is -2.12. The zero-order chi connectivity index (χ0) is 23.8. The average molecular weight is 454 g/mol. The predicted molar refractivity (Wildman–Crippen MR) is 124 cm³/mol. The molecule has 1 heterocycles. The smallest absolute Gasteiger partial charge is 0.362 e. The minimum atomic E-state index is -4.66. The molecule has 3 aromatic rings. The summed E-state index contributed by atoms with van der Waals surface area (Å²) in [6.45, 7) is 5.22. The number of hydrogen-bond acceptors (Lipinski definition) is 6. The van der Waals surface area contributed by atoms with Gasteiger partial charge in [-0.25, -0.2) is 4.98 Å². The van der Waals surface area contributed by atoms with Gasteiger partial charge in [0.1, 0.15) is 11.4 Å². The molecule has 0 aliphatic rings. The van der Waals surface area contributed by atoms with Gasteiger partial charge in [-0.2, -0.15) is 18.2 Å². The van der Waals surface area contributed by atoms with Gasteiger partial charge in [-0.3, -0.25) is 4.79 Å². The molecule has 0 aliphatic carbocycles. The van der Waals surface area contributed by atoms with Gasteiger partial charge in [0.05, 0.1) is 0 Å². The Morgan fingerprint density at radius 3 is 2.30 bits per heavy atom. The van der Waals surface area contributed by atoms with E-state index in [4.69, 9.17) is 0 Å². The molecular weight excluding hydrogens is 433 g/mol. The van der Waals surface area contributed by atoms with Crippen molar-refractivity contribution in [2.24, 2.45) is 0 Å². The molecule has 7 nitrogen and oxygen atoms in total. The number of nitrogens with zero attached hydrogens (tertiary/aromatic N) is 2. The number of allylic oxidation sites excluding steroid dienone is 1. The van der Waals surface area contributed by atoms with Crippen LogP contribution in [-0.4, -0.2) is 15.9 Å². The molecule has 0 saturated heterocycles. The highest BCUT2D eigenvalue weighted by Crippen LogP contribution is 2.35. The zero-order valence-electron chi connectivity index (χ0n) is 17.6. The third-order valence-corrected chi connectivity index (χ3v) is 4.21. The Bertz CT molecular complexity index is 1180. The monoisotopic (exact) mass is 454 g/mol. The fraction of sp³-hybridized carbons (Fsp3) is 0.0870. The maximum absolute atomic E-state index is 13.6. The van der Waals surface area contributed by atoms with E-state index < -0.39 is 23.5 Å². The molecule has 3 rings (SSSR count). The van der Waals surface area contributed by atoms with E-state index in [0.717, 1.165) is 6.08 Å². The average Bonchev–Trinajstić information content (AvgIpc) is 2.77. The van der Waals surface area contributed by atoms with Crippen LogP contribution in [0.15, 0.2) is 79.7 Å². The van der Waals surface area contributed by atoms with Crippen LogP contribution in [0.2, 0.25) is 0 Å². The van der Waals surface area contributed by atoms with Crippen LogP contribution in [-0.2, 0) is 11.0 Å². The van der Waals surface area contributed by atoms with Crippen LogP contribution in [0.5, 0.6) is 0 Å². The molecule has 0 unspecified atom stereocenters. The van der Waals surface area contributed by atoms with Gasteiger partial charge >= 0.3 is 6.18 Å². The Balaban J connectivity index is 1.89. The molecule has 0 bridgehead atoms. The van der Waals surface area contributed by atoms with E-state index in [1.165, 1.54) is 0 Å². The third-order valence-electron chi connectivity index (χ3n) is 4.21. The number of halogens is 3. The lowest BCUT2D eigenvalue weighted by atomic mass is 10.2. The molecule has 1 aromatic heterocycles. The molecule has 0 aliphatic heterocycles. The minimum absolute atomic E-state index is 0.0547. The number of carbonyl (C=O) groups excluding carboxylic acids is 1. The Morgan fingerprint density at radius 2 is 1.64 bits per heavy atom. The van der Waals surface area contributed by atoms with Crippen molar-refractivity contribution in [3.63, 3.8) is 0 Å². The number of anilines is 6. The van der Waals surface area contributed by atoms with E-state index in [9.17, 15) is 18.0 Å². The standard InChI is InChI=1S/C23H21F3N6O/c1-3-11-27-15-7-5-9-17(12-15)30-21-19(23(24,25)26)14-28-22(32-21)31-18-10-6-8-16(13-18)29-20(33)4-2/h3-14,27H,2H2,1H3,(H,29,33)(H2,28,30,31,32). The van der Waals surface area contributed by atoms with Gasteiger partial charge in [0, 0.05) is 28.9 Å². The van der Waals surface area contributed by atoms with Gasteiger partial charge in [-0.05, 0) is 55.6 Å². The molecule has 4 N–H and O–H groups in total. The van der Waals surface area contributed by atoms with Crippen LogP contribution < -0.4 is 21.3 Å². The fourth-order valence-electron chi connectivity index (χ4n) is 2.74. The van der Waals surface area contributed by atoms with Crippen LogP contribution in [0.3, 0.4) is 0 Å². The van der Waals surface area contributed by atoms with Crippen molar-refractivity contribution in [3.05, 3.63) is 85.2 Å². The van der Waals surface area contributed by atoms with Gasteiger partial charge in [-0.15, -0.1) is 0 Å². The van der Waals surface area contributed by atoms with E-state index in [-0.39, 0.29) is 5.95 Å². The van der Waals surface area contributed by atoms with Crippen molar-refractivity contribution in [2.45, 2.75) is 13.1 Å². The van der Waals surface area contributed by atoms with Crippen molar-refractivity contribution in [1.82, 2.24) is 9.97 Å². The summed E-state index contributed by atoms with van der Waals surface area (Å²) in [5.41, 5.74) is 1.04. The summed E-state index contributed by atoms with van der Waals surface area (Å²) >= 11 is 0. The summed E-state index contributed by atoms with van der Waals surface area (Å²) in [5.74, 6) is -0.851. The Hall–Kier alpha value is -4.34. The van der Waals surface area contributed by atoms with Crippen molar-refractivity contribution < 1.29 is 18.0 Å². The highest BCUT2D eigenvalue weighted by Gasteiger charge is 2.35. The number of nitrogens with one attached hydrogen (secondary N) is 4. The lowest BCUT2D eigenvalue weighted by molar-refractivity contribution is -0.137. The number of alkyl halides is 3. The number of hydrogen-bond donors (Lipinski definition) is 4. The first-order valence-electron chi connectivity index (χ1n) is 9.78. The molecule has 170 valence electrons. The molecule has 0 spiro atoms. The van der Waals surface area contributed by atoms with Crippen molar-refractivity contribution >= 4 is 40.4 Å². The van der Waals surface area contributed by atoms with Crippen LogP contribution >= 0.6 is 0 Å². The molecule has 1 amide bonds. The number of amides is 1. The van der Waals surface area contributed by atoms with Gasteiger partial charge in [-0.1, -0.05) is 24.8 Å². The van der Waals surface area contributed by atoms with Gasteiger partial charge in [0.25, 0.3) is 0 Å². The van der Waals surface area contributed by atoms with E-state index in [0.29, 0.717) is 28.9 Å². The molecule has 0 fully saturated rings. The summed E-state index contributed by atoms with van der Waals surface area (Å²) in [4.78, 5) is 19.3. The Kier molecular flexibility index (Phi) is 7.29. The molecule has 33 heavy (non-hydrogen) atoms. The molecule has 2 aromatic carbocycles. The molecule has 0 saturated carbocycles. The first-order chi connectivity index (χ1) is 15.8. The van der Waals surface area contributed by atoms with E-state index in [1.54, 1.807) is 60.8 Å². The zero-order valence-corrected chi connectivity index (χ0v) is 17.6. The maximum atomic E-state index is 13.6. The summed E-state index contributed by atoms with van der Waals surface area (Å²) in [7, 11) is 0. The van der Waals surface area contributed by atoms with Crippen LogP contribution in [0, 0.1) is 0 Å². The van der Waals surface area contributed by atoms with E-state index in [2.05, 4.69) is 37.8 Å². The molecule has 0 radical (unpaired) electrons. The first-order valence-corrected chi connectivity index (χ1v) is 9.78. The summed E-state index contributed by atoms with van der Waals surface area (Å²) in [6.07, 6.45) is 0.681. The molecular formula is C23H21F3N6O. The van der Waals surface area contributed by atoms with Gasteiger partial charge < -0.3 is 21.3 Å². The number of rotatable bonds is 8. The van der Waals surface area contributed by atoms with Crippen molar-refractivity contribution in [3.8, 4) is 0 Å². The van der Waals surface area contributed by atoms with Crippen LogP contribution in [0.25, 0.3) is 0 Å². The summed E-state index contributed by atoms with van der Waals surface area (Å²) in [5, 5.41) is 11.2. The Morgan fingerprint density at radius 1 is 1.00 bits per heavy atom. The largest absolute Gasteiger partial charge is 0.421 e. The van der Waals surface area contributed by atoms with E-state index >= 15 is 0 Å². The normalized spacial score (nSPS) is 11.2. The third kappa shape index (κ3) is 6.57. The number of benzene rings is 2. The quantitative estimate of drug-likeness (QED) is 0.310. The Labute approximate surface area is 188 Å². The van der Waals surface area contributed by atoms with Crippen LogP contribution in [0.1, 0.15) is 12.5 Å². The summed E-state index contributed by atoms with van der Waals surface area (Å²) < 4.78 is 40.7. The minimum Gasteiger partial charge on any atom is -0.362 e. The lowest BCUT2D eigenvalue weighted by Gasteiger charge is -2.15. The maximum Gasteiger partial charge on any atom is 0.421 e. The predicted octanol–water partition coefficient (Wildman–Crippen LogP) is 6.05. The topological polar surface area (TPSA) is 91.0 Å². The second-order valence-electron chi connectivity index (χ2n) is 6.70. The number of carbonyl (C=O) groups is 1. The molecule has 0 atom stereocenters. The summed E-state index contributed by atoms with van der Waals surface area (Å²) in [6, 6.07) is 13.3. The van der Waals surface area contributed by atoms with E-state index in [1.807, 2.05) is 6.92 Å². The second kappa shape index (κ2) is 10.3. The molecule has 10 heteroatoms. The highest BCUT2D eigenvalue weighted by atomic mass is 19.4. The van der Waals surface area contributed by atoms with Crippen molar-refractivity contribution in [1.29, 1.82) is 0 Å². The second-order valence-corrected chi connectivity index (χ2v) is 6.70. The fourth-order valence-corrected chi connectivity index (χ4v) is 2.74. The van der Waals surface area contributed by atoms with Crippen LogP contribution in [0.4, 0.5) is 47.7 Å². The highest BCUT2D eigenvalue weighted by molar-refractivity contribution is 5.99. The van der Waals surface area contributed by atoms with Gasteiger partial charge in [0.15, 0.2) is 0 Å². The SMILES string of the molecule is C=CC(=O)Nc1cccc(Nc2ncc(C(F)(F)F)c(Nc3cccc(NC=CC)c3)n2)c1. The van der Waals surface area contributed by atoms with Crippen molar-refractivity contribution in [2.75, 3.05) is 21.3 Å². The number of aromatic nitrogens is 2.